The fourth-order valence-corrected chi connectivity index (χ4v) is 4.40. The lowest BCUT2D eigenvalue weighted by Crippen LogP contribution is -2.22. The zero-order valence-electron chi connectivity index (χ0n) is 13.7. The first-order valence-electron chi connectivity index (χ1n) is 7.57. The predicted molar refractivity (Wildman–Crippen MR) is 102 cm³/mol. The third kappa shape index (κ3) is 3.85. The summed E-state index contributed by atoms with van der Waals surface area (Å²) in [6, 6.07) is 12.2. The van der Waals surface area contributed by atoms with E-state index in [1.54, 1.807) is 18.2 Å². The number of carbonyl (C=O) groups is 1. The van der Waals surface area contributed by atoms with Gasteiger partial charge in [0, 0.05) is 5.69 Å². The second-order valence-corrected chi connectivity index (χ2v) is 8.11. The first kappa shape index (κ1) is 17.5. The maximum Gasteiger partial charge on any atom is 0.286 e. The number of hydrogen-bond donors (Lipinski definition) is 2. The van der Waals surface area contributed by atoms with E-state index in [-0.39, 0.29) is 21.7 Å². The highest BCUT2D eigenvalue weighted by molar-refractivity contribution is 8.15. The fourth-order valence-electron chi connectivity index (χ4n) is 2.36. The van der Waals surface area contributed by atoms with Crippen molar-refractivity contribution >= 4 is 44.2 Å². The largest absolute Gasteiger partial charge is 0.333 e. The molecule has 1 heterocycles. The van der Waals surface area contributed by atoms with E-state index >= 15 is 0 Å². The van der Waals surface area contributed by atoms with Crippen LogP contribution in [0.5, 0.6) is 0 Å². The van der Waals surface area contributed by atoms with E-state index in [0.717, 1.165) is 28.6 Å². The van der Waals surface area contributed by atoms with E-state index in [9.17, 15) is 13.2 Å². The molecule has 0 atom stereocenters. The van der Waals surface area contributed by atoms with Gasteiger partial charge < -0.3 is 10.6 Å². The molecule has 0 aliphatic carbocycles. The van der Waals surface area contributed by atoms with Gasteiger partial charge in [0.15, 0.2) is 5.17 Å². The average Bonchev–Trinajstić information content (AvgIpc) is 2.57. The third-order valence-electron chi connectivity index (χ3n) is 3.83. The molecule has 1 aliphatic heterocycles. The Kier molecular flexibility index (Phi) is 4.82. The minimum atomic E-state index is -3.74. The summed E-state index contributed by atoms with van der Waals surface area (Å²) in [6.07, 6.45) is 0. The van der Waals surface area contributed by atoms with Crippen LogP contribution < -0.4 is 10.6 Å². The Hall–Kier alpha value is -2.32. The van der Waals surface area contributed by atoms with Crippen LogP contribution in [0.4, 0.5) is 11.4 Å². The lowest BCUT2D eigenvalue weighted by atomic mass is 10.1. The Balaban J connectivity index is 1.67. The summed E-state index contributed by atoms with van der Waals surface area (Å²) >= 11 is 1.05. The molecule has 25 heavy (non-hydrogen) atoms. The van der Waals surface area contributed by atoms with E-state index in [1.807, 2.05) is 32.0 Å². The number of carbonyl (C=O) groups excluding carboxylic acids is 1. The normalized spacial score (nSPS) is 14.9. The monoisotopic (exact) mass is 375 g/mol. The topological polar surface area (TPSA) is 87.6 Å². The van der Waals surface area contributed by atoms with Gasteiger partial charge in [-0.2, -0.15) is 8.42 Å². The van der Waals surface area contributed by atoms with E-state index in [1.165, 1.54) is 6.07 Å². The zero-order chi connectivity index (χ0) is 18.0. The summed E-state index contributed by atoms with van der Waals surface area (Å²) < 4.78 is 28.0. The SMILES string of the molecule is Cc1cccc(NC(=O)CSC2=NS(=O)(=O)c3ccccc3N2)c1C. The molecule has 0 spiro atoms. The molecule has 1 amide bonds. The fraction of sp³-hybridized carbons (Fsp3) is 0.176. The van der Waals surface area contributed by atoms with Crippen molar-refractivity contribution < 1.29 is 13.2 Å². The number of aryl methyl sites for hydroxylation is 1. The van der Waals surface area contributed by atoms with Gasteiger partial charge in [-0.25, -0.2) is 0 Å². The van der Waals surface area contributed by atoms with Gasteiger partial charge in [-0.05, 0) is 43.2 Å². The molecular formula is C17H17N3O3S2. The van der Waals surface area contributed by atoms with Gasteiger partial charge >= 0.3 is 0 Å². The molecule has 1 aliphatic rings. The standard InChI is InChI=1S/C17H17N3O3S2/c1-11-6-5-8-13(12(11)2)18-16(21)10-24-17-19-14-7-3-4-9-15(14)25(22,23)20-17/h3-9H,10H2,1-2H3,(H,18,21)(H,19,20). The smallest absolute Gasteiger partial charge is 0.286 e. The Morgan fingerprint density at radius 1 is 1.16 bits per heavy atom. The summed E-state index contributed by atoms with van der Waals surface area (Å²) in [7, 11) is -3.74. The number of nitrogens with zero attached hydrogens (tertiary/aromatic N) is 1. The number of hydrogen-bond acceptors (Lipinski definition) is 5. The van der Waals surface area contributed by atoms with Crippen LogP contribution in [-0.2, 0) is 14.8 Å². The Labute approximate surface area is 150 Å². The summed E-state index contributed by atoms with van der Waals surface area (Å²) in [6.45, 7) is 3.91. The second-order valence-electron chi connectivity index (χ2n) is 5.58. The van der Waals surface area contributed by atoms with Crippen LogP contribution in [0.15, 0.2) is 51.8 Å². The molecule has 0 unspecified atom stereocenters. The number of thioether (sulfide) groups is 1. The third-order valence-corrected chi connectivity index (χ3v) is 6.15. The summed E-state index contributed by atoms with van der Waals surface area (Å²) in [5.41, 5.74) is 3.31. The van der Waals surface area contributed by atoms with Crippen LogP contribution in [0.1, 0.15) is 11.1 Å². The second kappa shape index (κ2) is 6.89. The first-order chi connectivity index (χ1) is 11.9. The van der Waals surface area contributed by atoms with Crippen molar-refractivity contribution in [1.29, 1.82) is 0 Å². The molecule has 2 aromatic carbocycles. The highest BCUT2D eigenvalue weighted by Gasteiger charge is 2.24. The first-order valence-corrected chi connectivity index (χ1v) is 9.99. The van der Waals surface area contributed by atoms with E-state index in [2.05, 4.69) is 15.0 Å². The van der Waals surface area contributed by atoms with Gasteiger partial charge in [0.2, 0.25) is 5.91 Å². The number of para-hydroxylation sites is 1. The molecule has 130 valence electrons. The van der Waals surface area contributed by atoms with Gasteiger partial charge in [0.1, 0.15) is 4.90 Å². The van der Waals surface area contributed by atoms with Gasteiger partial charge in [0.05, 0.1) is 11.4 Å². The van der Waals surface area contributed by atoms with Crippen LogP contribution >= 0.6 is 11.8 Å². The Morgan fingerprint density at radius 3 is 2.72 bits per heavy atom. The van der Waals surface area contributed by atoms with Crippen molar-refractivity contribution in [2.45, 2.75) is 18.7 Å². The number of benzene rings is 2. The molecule has 0 fully saturated rings. The molecule has 2 aromatic rings. The highest BCUT2D eigenvalue weighted by Crippen LogP contribution is 2.29. The molecule has 0 saturated carbocycles. The van der Waals surface area contributed by atoms with Crippen molar-refractivity contribution in [2.75, 3.05) is 16.4 Å². The Bertz CT molecular complexity index is 969. The average molecular weight is 375 g/mol. The predicted octanol–water partition coefficient (Wildman–Crippen LogP) is 3.15. The van der Waals surface area contributed by atoms with Crippen LogP contribution in [0, 0.1) is 13.8 Å². The number of sulfonamides is 1. The van der Waals surface area contributed by atoms with Crippen molar-refractivity contribution in [3.05, 3.63) is 53.6 Å². The lowest BCUT2D eigenvalue weighted by Gasteiger charge is -2.17. The summed E-state index contributed by atoms with van der Waals surface area (Å²) in [4.78, 5) is 12.3. The van der Waals surface area contributed by atoms with Crippen LogP contribution in [0.2, 0.25) is 0 Å². The summed E-state index contributed by atoms with van der Waals surface area (Å²) in [5, 5.41) is 5.97. The van der Waals surface area contributed by atoms with E-state index in [0.29, 0.717) is 5.69 Å². The van der Waals surface area contributed by atoms with Gasteiger partial charge in [0.25, 0.3) is 10.0 Å². The number of amides is 1. The van der Waals surface area contributed by atoms with Gasteiger partial charge in [-0.1, -0.05) is 36.0 Å². The maximum atomic E-state index is 12.2. The van der Waals surface area contributed by atoms with Crippen molar-refractivity contribution in [3.8, 4) is 0 Å². The Morgan fingerprint density at radius 2 is 1.92 bits per heavy atom. The van der Waals surface area contributed by atoms with Crippen molar-refractivity contribution in [1.82, 2.24) is 0 Å². The molecule has 3 rings (SSSR count). The lowest BCUT2D eigenvalue weighted by molar-refractivity contribution is -0.113. The molecule has 0 bridgehead atoms. The van der Waals surface area contributed by atoms with Crippen LogP contribution in [0.3, 0.4) is 0 Å². The number of anilines is 2. The molecule has 2 N–H and O–H groups in total. The molecule has 0 saturated heterocycles. The van der Waals surface area contributed by atoms with E-state index in [4.69, 9.17) is 0 Å². The zero-order valence-corrected chi connectivity index (χ0v) is 15.4. The minimum absolute atomic E-state index is 0.0525. The highest BCUT2D eigenvalue weighted by atomic mass is 32.2. The quantitative estimate of drug-likeness (QED) is 0.860. The molecule has 0 aromatic heterocycles. The maximum absolute atomic E-state index is 12.2. The number of amidine groups is 1. The van der Waals surface area contributed by atoms with Gasteiger partial charge in [-0.15, -0.1) is 4.40 Å². The van der Waals surface area contributed by atoms with Gasteiger partial charge in [-0.3, -0.25) is 4.79 Å². The molecular weight excluding hydrogens is 358 g/mol. The molecule has 0 radical (unpaired) electrons. The van der Waals surface area contributed by atoms with Crippen molar-refractivity contribution in [2.24, 2.45) is 4.40 Å². The minimum Gasteiger partial charge on any atom is -0.333 e. The summed E-state index contributed by atoms with van der Waals surface area (Å²) in [5.74, 6) is -0.170. The van der Waals surface area contributed by atoms with E-state index < -0.39 is 10.0 Å². The molecule has 8 heteroatoms. The number of nitrogens with one attached hydrogen (secondary N) is 2. The van der Waals surface area contributed by atoms with Crippen molar-refractivity contribution in [3.63, 3.8) is 0 Å². The number of rotatable bonds is 3. The van der Waals surface area contributed by atoms with Crippen LogP contribution in [-0.4, -0.2) is 25.2 Å². The number of fused-ring (bicyclic) bond motifs is 1. The van der Waals surface area contributed by atoms with Crippen LogP contribution in [0.25, 0.3) is 0 Å². The molecule has 6 nitrogen and oxygen atoms in total.